The monoisotopic (exact) mass is 299 g/mol. The number of pyridine rings is 1. The molecule has 0 radical (unpaired) electrons. The van der Waals surface area contributed by atoms with Gasteiger partial charge in [0, 0.05) is 11.9 Å². The van der Waals surface area contributed by atoms with Crippen LogP contribution in [0, 0.1) is 24.1 Å². The van der Waals surface area contributed by atoms with Gasteiger partial charge < -0.3 is 5.32 Å². The summed E-state index contributed by atoms with van der Waals surface area (Å²) in [6.07, 6.45) is 3.49. The van der Waals surface area contributed by atoms with E-state index in [9.17, 15) is 9.65 Å². The molecule has 1 aromatic heterocycles. The second-order valence-corrected chi connectivity index (χ2v) is 5.14. The van der Waals surface area contributed by atoms with Crippen molar-refractivity contribution in [1.29, 1.82) is 5.26 Å². The Morgan fingerprint density at radius 1 is 1.33 bits per heavy atom. The van der Waals surface area contributed by atoms with Gasteiger partial charge in [-0.05, 0) is 43.0 Å². The van der Waals surface area contributed by atoms with Crippen LogP contribution in [0.25, 0.3) is 5.57 Å². The highest BCUT2D eigenvalue weighted by molar-refractivity contribution is 8.02. The fourth-order valence-electron chi connectivity index (χ4n) is 1.75. The molecule has 0 aliphatic heterocycles. The molecule has 1 N–H and O–H groups in total. The number of hydrogen-bond donors (Lipinski definition) is 1. The summed E-state index contributed by atoms with van der Waals surface area (Å²) in [7, 11) is 0. The van der Waals surface area contributed by atoms with Gasteiger partial charge in [0.25, 0.3) is 0 Å². The predicted molar refractivity (Wildman–Crippen MR) is 85.0 cm³/mol. The molecule has 0 saturated heterocycles. The number of hydrogen-bond acceptors (Lipinski definition) is 4. The predicted octanol–water partition coefficient (Wildman–Crippen LogP) is 4.20. The molecule has 0 amide bonds. The van der Waals surface area contributed by atoms with Crippen molar-refractivity contribution < 1.29 is 4.39 Å². The SMILES string of the molecule is CS/C(Nc1ccc(C)c(F)c1)=C(/C#N)c1ccccn1. The smallest absolute Gasteiger partial charge is 0.128 e. The minimum Gasteiger partial charge on any atom is -0.349 e. The van der Waals surface area contributed by atoms with Crippen LogP contribution in [0.2, 0.25) is 0 Å². The summed E-state index contributed by atoms with van der Waals surface area (Å²) < 4.78 is 13.6. The fourth-order valence-corrected chi connectivity index (χ4v) is 2.33. The van der Waals surface area contributed by atoms with E-state index in [1.54, 1.807) is 37.4 Å². The van der Waals surface area contributed by atoms with E-state index < -0.39 is 0 Å². The van der Waals surface area contributed by atoms with Gasteiger partial charge in [-0.3, -0.25) is 4.98 Å². The van der Waals surface area contributed by atoms with Crippen molar-refractivity contribution in [3.63, 3.8) is 0 Å². The molecule has 0 fully saturated rings. The van der Waals surface area contributed by atoms with Crippen molar-refractivity contribution >= 4 is 23.0 Å². The number of halogens is 1. The van der Waals surface area contributed by atoms with Gasteiger partial charge >= 0.3 is 0 Å². The maximum absolute atomic E-state index is 13.6. The van der Waals surface area contributed by atoms with Gasteiger partial charge in [0.1, 0.15) is 17.5 Å². The zero-order chi connectivity index (χ0) is 15.2. The highest BCUT2D eigenvalue weighted by atomic mass is 32.2. The minimum atomic E-state index is -0.281. The van der Waals surface area contributed by atoms with E-state index in [0.717, 1.165) is 0 Å². The lowest BCUT2D eigenvalue weighted by atomic mass is 10.2. The maximum atomic E-state index is 13.6. The molecular formula is C16H14FN3S. The molecule has 5 heteroatoms. The van der Waals surface area contributed by atoms with Crippen LogP contribution in [0.1, 0.15) is 11.3 Å². The number of benzene rings is 1. The Kier molecular flexibility index (Phi) is 4.96. The topological polar surface area (TPSA) is 48.7 Å². The first-order chi connectivity index (χ1) is 10.2. The Bertz CT molecular complexity index is 705. The molecule has 1 heterocycles. The zero-order valence-corrected chi connectivity index (χ0v) is 12.5. The Morgan fingerprint density at radius 3 is 2.71 bits per heavy atom. The van der Waals surface area contributed by atoms with E-state index >= 15 is 0 Å². The number of nitriles is 1. The second-order valence-electron chi connectivity index (χ2n) is 4.32. The third-order valence-electron chi connectivity index (χ3n) is 2.89. The Balaban J connectivity index is 2.39. The van der Waals surface area contributed by atoms with Crippen LogP contribution in [0.4, 0.5) is 10.1 Å². The molecule has 0 bridgehead atoms. The minimum absolute atomic E-state index is 0.281. The zero-order valence-electron chi connectivity index (χ0n) is 11.7. The second kappa shape index (κ2) is 6.91. The van der Waals surface area contributed by atoms with Crippen LogP contribution in [0.15, 0.2) is 47.6 Å². The largest absolute Gasteiger partial charge is 0.349 e. The Morgan fingerprint density at radius 2 is 2.14 bits per heavy atom. The van der Waals surface area contributed by atoms with Gasteiger partial charge in [0.2, 0.25) is 0 Å². The quantitative estimate of drug-likeness (QED) is 0.860. The molecule has 0 unspecified atom stereocenters. The molecule has 21 heavy (non-hydrogen) atoms. The van der Waals surface area contributed by atoms with Crippen molar-refractivity contribution in [2.45, 2.75) is 6.92 Å². The third-order valence-corrected chi connectivity index (χ3v) is 3.61. The summed E-state index contributed by atoms with van der Waals surface area (Å²) >= 11 is 1.39. The van der Waals surface area contributed by atoms with Crippen LogP contribution in [0.5, 0.6) is 0 Å². The summed E-state index contributed by atoms with van der Waals surface area (Å²) in [6, 6.07) is 12.4. The molecule has 0 atom stereocenters. The van der Waals surface area contributed by atoms with Crippen LogP contribution in [0.3, 0.4) is 0 Å². The lowest BCUT2D eigenvalue weighted by molar-refractivity contribution is 0.619. The van der Waals surface area contributed by atoms with E-state index in [1.807, 2.05) is 12.3 Å². The van der Waals surface area contributed by atoms with Crippen LogP contribution < -0.4 is 5.32 Å². The number of allylic oxidation sites excluding steroid dienone is 1. The maximum Gasteiger partial charge on any atom is 0.128 e. The standard InChI is InChI=1S/C16H14FN3S/c1-11-6-7-12(9-14(11)17)20-16(21-2)13(10-18)15-5-3-4-8-19-15/h3-9,20H,1-2H3/b16-13-. The highest BCUT2D eigenvalue weighted by Crippen LogP contribution is 2.26. The lowest BCUT2D eigenvalue weighted by Crippen LogP contribution is -2.01. The third kappa shape index (κ3) is 3.61. The van der Waals surface area contributed by atoms with Gasteiger partial charge in [-0.1, -0.05) is 12.1 Å². The number of aryl methyl sites for hydroxylation is 1. The van der Waals surface area contributed by atoms with Crippen molar-refractivity contribution in [3.8, 4) is 6.07 Å². The van der Waals surface area contributed by atoms with Gasteiger partial charge in [-0.15, -0.1) is 11.8 Å². The van der Waals surface area contributed by atoms with Gasteiger partial charge in [0.05, 0.1) is 10.7 Å². The molecule has 0 spiro atoms. The molecular weight excluding hydrogens is 285 g/mol. The molecule has 0 aliphatic rings. The van der Waals surface area contributed by atoms with E-state index in [0.29, 0.717) is 27.5 Å². The number of nitrogens with zero attached hydrogens (tertiary/aromatic N) is 2. The lowest BCUT2D eigenvalue weighted by Gasteiger charge is -2.11. The summed E-state index contributed by atoms with van der Waals surface area (Å²) in [5.74, 6) is -0.281. The summed E-state index contributed by atoms with van der Waals surface area (Å²) in [5.41, 5.74) is 2.21. The van der Waals surface area contributed by atoms with Crippen molar-refractivity contribution in [2.75, 3.05) is 11.6 Å². The van der Waals surface area contributed by atoms with Gasteiger partial charge in [0.15, 0.2) is 0 Å². The molecule has 3 nitrogen and oxygen atoms in total. The first-order valence-electron chi connectivity index (χ1n) is 6.28. The molecule has 2 rings (SSSR count). The number of aromatic nitrogens is 1. The summed E-state index contributed by atoms with van der Waals surface area (Å²) in [6.45, 7) is 1.71. The first kappa shape index (κ1) is 15.1. The number of anilines is 1. The Hall–Kier alpha value is -2.32. The molecule has 2 aromatic rings. The molecule has 0 saturated carbocycles. The van der Waals surface area contributed by atoms with Gasteiger partial charge in [-0.25, -0.2) is 4.39 Å². The average molecular weight is 299 g/mol. The Labute approximate surface area is 127 Å². The number of thioether (sulfide) groups is 1. The summed E-state index contributed by atoms with van der Waals surface area (Å²) in [4.78, 5) is 4.18. The molecule has 0 aliphatic carbocycles. The van der Waals surface area contributed by atoms with Crippen molar-refractivity contribution in [3.05, 3.63) is 64.7 Å². The van der Waals surface area contributed by atoms with Crippen molar-refractivity contribution in [1.82, 2.24) is 4.98 Å². The summed E-state index contributed by atoms with van der Waals surface area (Å²) in [5, 5.41) is 13.1. The van der Waals surface area contributed by atoms with Crippen LogP contribution in [-0.2, 0) is 0 Å². The average Bonchev–Trinajstić information content (AvgIpc) is 2.51. The first-order valence-corrected chi connectivity index (χ1v) is 7.51. The fraction of sp³-hybridized carbons (Fsp3) is 0.125. The number of rotatable bonds is 4. The van der Waals surface area contributed by atoms with E-state index in [2.05, 4.69) is 16.4 Å². The van der Waals surface area contributed by atoms with E-state index in [1.165, 1.54) is 17.8 Å². The molecule has 106 valence electrons. The normalized spacial score (nSPS) is 11.5. The molecule has 1 aromatic carbocycles. The van der Waals surface area contributed by atoms with Crippen molar-refractivity contribution in [2.24, 2.45) is 0 Å². The van der Waals surface area contributed by atoms with E-state index in [-0.39, 0.29) is 5.82 Å². The highest BCUT2D eigenvalue weighted by Gasteiger charge is 2.10. The number of nitrogens with one attached hydrogen (secondary N) is 1. The van der Waals surface area contributed by atoms with Crippen LogP contribution in [-0.4, -0.2) is 11.2 Å². The van der Waals surface area contributed by atoms with E-state index in [4.69, 9.17) is 0 Å². The van der Waals surface area contributed by atoms with Crippen LogP contribution >= 0.6 is 11.8 Å². The van der Waals surface area contributed by atoms with Gasteiger partial charge in [-0.2, -0.15) is 5.26 Å².